The van der Waals surface area contributed by atoms with E-state index in [1.807, 2.05) is 30.3 Å². The molecule has 8 heteroatoms. The third-order valence-corrected chi connectivity index (χ3v) is 6.38. The van der Waals surface area contributed by atoms with Crippen LogP contribution in [0.5, 0.6) is 5.75 Å². The van der Waals surface area contributed by atoms with Crippen molar-refractivity contribution in [3.05, 3.63) is 95.1 Å². The van der Waals surface area contributed by atoms with Crippen LogP contribution in [-0.2, 0) is 9.53 Å². The molecule has 0 bridgehead atoms. The number of phenols is 1. The molecule has 0 aliphatic carbocycles. The normalized spacial score (nSPS) is 16.1. The number of aromatic hydroxyl groups is 1. The summed E-state index contributed by atoms with van der Waals surface area (Å²) >= 11 is 4.60. The van der Waals surface area contributed by atoms with Gasteiger partial charge in [-0.2, -0.15) is 0 Å². The molecule has 0 spiro atoms. The van der Waals surface area contributed by atoms with Gasteiger partial charge in [-0.15, -0.1) is 0 Å². The molecule has 0 amide bonds. The topological polar surface area (TPSA) is 80.9 Å². The summed E-state index contributed by atoms with van der Waals surface area (Å²) in [6.45, 7) is 3.72. The summed E-state index contributed by atoms with van der Waals surface area (Å²) in [5, 5.41) is 10.2. The number of benzene rings is 2. The molecule has 0 saturated carbocycles. The van der Waals surface area contributed by atoms with E-state index in [-0.39, 0.29) is 17.9 Å². The Balaban J connectivity index is 1.97. The Morgan fingerprint density at radius 3 is 2.74 bits per heavy atom. The molecule has 1 aliphatic rings. The molecular weight excluding hydrogens is 480 g/mol. The average molecular weight is 499 g/mol. The molecule has 0 radical (unpaired) electrons. The van der Waals surface area contributed by atoms with E-state index in [2.05, 4.69) is 20.9 Å². The molecule has 31 heavy (non-hydrogen) atoms. The third-order valence-electron chi connectivity index (χ3n) is 4.91. The van der Waals surface area contributed by atoms with Crippen molar-refractivity contribution in [3.63, 3.8) is 0 Å². The number of aromatic nitrogens is 1. The zero-order valence-electron chi connectivity index (χ0n) is 16.8. The highest BCUT2D eigenvalue weighted by Crippen LogP contribution is 2.30. The molecule has 158 valence electrons. The number of thiazole rings is 1. The van der Waals surface area contributed by atoms with E-state index < -0.39 is 12.0 Å². The lowest BCUT2D eigenvalue weighted by Crippen LogP contribution is -2.39. The highest BCUT2D eigenvalue weighted by Gasteiger charge is 2.33. The van der Waals surface area contributed by atoms with Gasteiger partial charge in [-0.25, -0.2) is 9.79 Å². The monoisotopic (exact) mass is 498 g/mol. The lowest BCUT2D eigenvalue weighted by Gasteiger charge is -2.24. The summed E-state index contributed by atoms with van der Waals surface area (Å²) in [6, 6.07) is 13.7. The summed E-state index contributed by atoms with van der Waals surface area (Å²) in [5.74, 6) is -0.423. The Hall–Kier alpha value is -2.97. The Morgan fingerprint density at radius 2 is 2.03 bits per heavy atom. The molecule has 1 N–H and O–H groups in total. The van der Waals surface area contributed by atoms with Gasteiger partial charge in [0, 0.05) is 10.0 Å². The van der Waals surface area contributed by atoms with Crippen molar-refractivity contribution in [2.75, 3.05) is 6.61 Å². The summed E-state index contributed by atoms with van der Waals surface area (Å²) < 4.78 is 8.00. The third kappa shape index (κ3) is 4.00. The van der Waals surface area contributed by atoms with Crippen molar-refractivity contribution >= 4 is 39.3 Å². The van der Waals surface area contributed by atoms with Crippen LogP contribution in [0.15, 0.2) is 74.1 Å². The van der Waals surface area contributed by atoms with Crippen LogP contribution in [-0.4, -0.2) is 22.2 Å². The smallest absolute Gasteiger partial charge is 0.338 e. The minimum Gasteiger partial charge on any atom is -0.507 e. The van der Waals surface area contributed by atoms with Crippen LogP contribution in [0.25, 0.3) is 6.08 Å². The van der Waals surface area contributed by atoms with Crippen molar-refractivity contribution in [2.45, 2.75) is 19.9 Å². The Labute approximate surface area is 190 Å². The quantitative estimate of drug-likeness (QED) is 0.559. The van der Waals surface area contributed by atoms with Crippen molar-refractivity contribution < 1.29 is 14.6 Å². The number of fused-ring (bicyclic) bond motifs is 1. The number of halogens is 1. The Kier molecular flexibility index (Phi) is 5.93. The van der Waals surface area contributed by atoms with Crippen LogP contribution in [0.4, 0.5) is 0 Å². The molecule has 0 fully saturated rings. The van der Waals surface area contributed by atoms with Gasteiger partial charge in [-0.05, 0) is 43.7 Å². The minimum absolute atomic E-state index is 0.0667. The van der Waals surface area contributed by atoms with Gasteiger partial charge in [-0.3, -0.25) is 9.36 Å². The molecule has 0 unspecified atom stereocenters. The van der Waals surface area contributed by atoms with E-state index in [9.17, 15) is 14.7 Å². The fourth-order valence-electron chi connectivity index (χ4n) is 3.52. The van der Waals surface area contributed by atoms with Gasteiger partial charge in [0.15, 0.2) is 4.80 Å². The summed E-state index contributed by atoms with van der Waals surface area (Å²) in [4.78, 5) is 31.3. The van der Waals surface area contributed by atoms with Gasteiger partial charge in [0.25, 0.3) is 5.56 Å². The Morgan fingerprint density at radius 1 is 1.29 bits per heavy atom. The van der Waals surface area contributed by atoms with Crippen LogP contribution in [0.2, 0.25) is 0 Å². The highest BCUT2D eigenvalue weighted by molar-refractivity contribution is 9.10. The van der Waals surface area contributed by atoms with E-state index in [4.69, 9.17) is 4.74 Å². The fourth-order valence-corrected chi connectivity index (χ4v) is 4.94. The molecule has 1 aromatic heterocycles. The predicted octanol–water partition coefficient (Wildman–Crippen LogP) is 3.27. The average Bonchev–Trinajstić information content (AvgIpc) is 3.05. The molecular formula is C23H19BrN2O4S. The second-order valence-corrected chi connectivity index (χ2v) is 8.84. The molecule has 4 rings (SSSR count). The number of rotatable bonds is 4. The molecule has 2 aromatic carbocycles. The zero-order valence-corrected chi connectivity index (χ0v) is 19.2. The van der Waals surface area contributed by atoms with Crippen LogP contribution in [0.3, 0.4) is 0 Å². The minimum atomic E-state index is -0.644. The van der Waals surface area contributed by atoms with Crippen molar-refractivity contribution in [1.82, 2.24) is 4.57 Å². The van der Waals surface area contributed by atoms with E-state index in [0.29, 0.717) is 26.2 Å². The fraction of sp³-hybridized carbons (Fsp3) is 0.174. The lowest BCUT2D eigenvalue weighted by atomic mass is 9.96. The number of phenolic OH excluding ortho intramolecular Hbond substituents is 1. The first-order valence-corrected chi connectivity index (χ1v) is 11.2. The van der Waals surface area contributed by atoms with E-state index in [1.54, 1.807) is 38.1 Å². The van der Waals surface area contributed by atoms with Crippen LogP contribution >= 0.6 is 27.3 Å². The number of allylic oxidation sites excluding steroid dienone is 1. The maximum absolute atomic E-state index is 13.4. The number of carbonyl (C=O) groups is 1. The molecule has 2 heterocycles. The largest absolute Gasteiger partial charge is 0.507 e. The highest BCUT2D eigenvalue weighted by atomic mass is 79.9. The van der Waals surface area contributed by atoms with Crippen molar-refractivity contribution in [1.29, 1.82) is 0 Å². The second kappa shape index (κ2) is 8.64. The SMILES string of the molecule is CCOC(=O)C1=C(C)N=c2s/c(=C/c3cc(Br)ccc3O)c(=O)n2[C@@H]1c1ccccc1. The first kappa shape index (κ1) is 21.3. The van der Waals surface area contributed by atoms with Crippen LogP contribution in [0, 0.1) is 0 Å². The number of esters is 1. The summed E-state index contributed by atoms with van der Waals surface area (Å²) in [6.07, 6.45) is 1.63. The molecule has 0 saturated heterocycles. The summed E-state index contributed by atoms with van der Waals surface area (Å²) in [5.41, 5.74) is 1.88. The van der Waals surface area contributed by atoms with Gasteiger partial charge in [0.1, 0.15) is 5.75 Å². The lowest BCUT2D eigenvalue weighted by molar-refractivity contribution is -0.139. The van der Waals surface area contributed by atoms with E-state index in [1.165, 1.54) is 15.9 Å². The van der Waals surface area contributed by atoms with Crippen LogP contribution < -0.4 is 14.9 Å². The van der Waals surface area contributed by atoms with Gasteiger partial charge >= 0.3 is 5.97 Å². The maximum Gasteiger partial charge on any atom is 0.338 e. The van der Waals surface area contributed by atoms with Gasteiger partial charge < -0.3 is 9.84 Å². The first-order chi connectivity index (χ1) is 14.9. The van der Waals surface area contributed by atoms with Crippen molar-refractivity contribution in [2.24, 2.45) is 4.99 Å². The number of hydrogen-bond donors (Lipinski definition) is 1. The second-order valence-electron chi connectivity index (χ2n) is 6.92. The standard InChI is InChI=1S/C23H19BrN2O4S/c1-3-30-22(29)19-13(2)25-23-26(20(19)14-7-5-4-6-8-14)21(28)18(31-23)12-15-11-16(24)9-10-17(15)27/h4-12,20,27H,3H2,1-2H3/b18-12+/t20-/m1/s1. The predicted molar refractivity (Wildman–Crippen MR) is 123 cm³/mol. The first-order valence-electron chi connectivity index (χ1n) is 9.64. The van der Waals surface area contributed by atoms with Gasteiger partial charge in [0.2, 0.25) is 0 Å². The van der Waals surface area contributed by atoms with E-state index in [0.717, 1.165) is 10.0 Å². The van der Waals surface area contributed by atoms with Gasteiger partial charge in [0.05, 0.1) is 28.5 Å². The molecule has 1 aliphatic heterocycles. The summed E-state index contributed by atoms with van der Waals surface area (Å²) in [7, 11) is 0. The molecule has 1 atom stereocenters. The number of hydrogen-bond acceptors (Lipinski definition) is 6. The van der Waals surface area contributed by atoms with Crippen LogP contribution in [0.1, 0.15) is 31.0 Å². The number of ether oxygens (including phenoxy) is 1. The van der Waals surface area contributed by atoms with Crippen molar-refractivity contribution in [3.8, 4) is 5.75 Å². The number of carbonyl (C=O) groups excluding carboxylic acids is 1. The Bertz CT molecular complexity index is 1370. The maximum atomic E-state index is 13.4. The number of nitrogens with zero attached hydrogens (tertiary/aromatic N) is 2. The van der Waals surface area contributed by atoms with E-state index >= 15 is 0 Å². The zero-order chi connectivity index (χ0) is 22.1. The molecule has 3 aromatic rings. The van der Waals surface area contributed by atoms with Gasteiger partial charge in [-0.1, -0.05) is 57.6 Å². The molecule has 6 nitrogen and oxygen atoms in total.